The van der Waals surface area contributed by atoms with Gasteiger partial charge in [0.05, 0.1) is 12.2 Å². The maximum atomic E-state index is 11.4. The van der Waals surface area contributed by atoms with E-state index in [2.05, 4.69) is 22.5 Å². The van der Waals surface area contributed by atoms with Gasteiger partial charge in [-0.1, -0.05) is 19.4 Å². The van der Waals surface area contributed by atoms with E-state index in [1.807, 2.05) is 19.1 Å². The molecule has 1 amide bonds. The van der Waals surface area contributed by atoms with E-state index in [4.69, 9.17) is 0 Å². The largest absolute Gasteiger partial charge is 0.355 e. The fourth-order valence-electron chi connectivity index (χ4n) is 1.46. The number of rotatable bonds is 7. The molecular formula is C13H21N3O. The van der Waals surface area contributed by atoms with E-state index < -0.39 is 0 Å². The van der Waals surface area contributed by atoms with Crippen molar-refractivity contribution in [3.05, 3.63) is 29.6 Å². The molecule has 0 aliphatic rings. The van der Waals surface area contributed by atoms with Gasteiger partial charge in [-0.15, -0.1) is 0 Å². The van der Waals surface area contributed by atoms with Crippen LogP contribution in [0.4, 0.5) is 0 Å². The summed E-state index contributed by atoms with van der Waals surface area (Å²) in [6.07, 6.45) is 3.90. The first-order valence-corrected chi connectivity index (χ1v) is 6.12. The lowest BCUT2D eigenvalue weighted by Crippen LogP contribution is -2.34. The first kappa shape index (κ1) is 13.6. The van der Waals surface area contributed by atoms with E-state index in [9.17, 15) is 4.79 Å². The minimum absolute atomic E-state index is 0.0482. The van der Waals surface area contributed by atoms with Gasteiger partial charge in [-0.3, -0.25) is 9.78 Å². The van der Waals surface area contributed by atoms with Gasteiger partial charge in [0.15, 0.2) is 0 Å². The highest BCUT2D eigenvalue weighted by Gasteiger charge is 2.01. The van der Waals surface area contributed by atoms with Crippen LogP contribution in [-0.2, 0) is 11.3 Å². The highest BCUT2D eigenvalue weighted by Crippen LogP contribution is 2.01. The summed E-state index contributed by atoms with van der Waals surface area (Å²) in [6.45, 7) is 5.87. The van der Waals surface area contributed by atoms with Gasteiger partial charge < -0.3 is 10.6 Å². The van der Waals surface area contributed by atoms with Gasteiger partial charge in [-0.05, 0) is 25.0 Å². The predicted molar refractivity (Wildman–Crippen MR) is 68.6 cm³/mol. The zero-order valence-electron chi connectivity index (χ0n) is 10.6. The zero-order valence-corrected chi connectivity index (χ0v) is 10.6. The maximum absolute atomic E-state index is 11.4. The van der Waals surface area contributed by atoms with Crippen molar-refractivity contribution in [2.24, 2.45) is 0 Å². The molecule has 0 atom stereocenters. The van der Waals surface area contributed by atoms with Crippen molar-refractivity contribution in [1.29, 1.82) is 0 Å². The van der Waals surface area contributed by atoms with Crippen molar-refractivity contribution in [1.82, 2.24) is 15.6 Å². The van der Waals surface area contributed by atoms with Crippen molar-refractivity contribution in [3.63, 3.8) is 0 Å². The lowest BCUT2D eigenvalue weighted by atomic mass is 10.2. The molecule has 1 aromatic rings. The second-order valence-corrected chi connectivity index (χ2v) is 4.07. The van der Waals surface area contributed by atoms with Crippen molar-refractivity contribution in [3.8, 4) is 0 Å². The second kappa shape index (κ2) is 7.79. The first-order chi connectivity index (χ1) is 8.24. The molecule has 1 aromatic heterocycles. The average molecular weight is 235 g/mol. The van der Waals surface area contributed by atoms with Crippen LogP contribution >= 0.6 is 0 Å². The molecule has 0 bridgehead atoms. The summed E-state index contributed by atoms with van der Waals surface area (Å²) in [4.78, 5) is 15.7. The number of amides is 1. The fraction of sp³-hybridized carbons (Fsp3) is 0.538. The molecule has 1 rings (SSSR count). The highest BCUT2D eigenvalue weighted by molar-refractivity contribution is 5.77. The van der Waals surface area contributed by atoms with E-state index in [1.54, 1.807) is 6.20 Å². The zero-order chi connectivity index (χ0) is 12.5. The number of carbonyl (C=O) groups excluding carboxylic acids is 1. The summed E-state index contributed by atoms with van der Waals surface area (Å²) in [7, 11) is 0. The highest BCUT2D eigenvalue weighted by atomic mass is 16.1. The molecule has 0 unspecified atom stereocenters. The van der Waals surface area contributed by atoms with Crippen LogP contribution in [-0.4, -0.2) is 24.0 Å². The number of hydrogen-bond acceptors (Lipinski definition) is 3. The minimum atomic E-state index is 0.0482. The Kier molecular flexibility index (Phi) is 6.25. The summed E-state index contributed by atoms with van der Waals surface area (Å²) in [5.74, 6) is 0.0482. The number of aromatic nitrogens is 1. The summed E-state index contributed by atoms with van der Waals surface area (Å²) < 4.78 is 0. The number of carbonyl (C=O) groups is 1. The Hall–Kier alpha value is -1.42. The number of pyridine rings is 1. The van der Waals surface area contributed by atoms with E-state index in [0.717, 1.165) is 30.6 Å². The standard InChI is InChI=1S/C13H21N3O/c1-3-4-7-16-13(17)10-14-9-12-11(2)6-5-8-15-12/h5-6,8,14H,3-4,7,9-10H2,1-2H3,(H,16,17). The van der Waals surface area contributed by atoms with Crippen molar-refractivity contribution in [2.45, 2.75) is 33.2 Å². The predicted octanol–water partition coefficient (Wildman–Crippen LogP) is 1.40. The lowest BCUT2D eigenvalue weighted by Gasteiger charge is -2.07. The molecule has 0 aromatic carbocycles. The van der Waals surface area contributed by atoms with E-state index in [1.165, 1.54) is 0 Å². The first-order valence-electron chi connectivity index (χ1n) is 6.12. The number of aryl methyl sites for hydroxylation is 1. The van der Waals surface area contributed by atoms with Crippen LogP contribution in [0.1, 0.15) is 31.0 Å². The summed E-state index contributed by atoms with van der Waals surface area (Å²) in [5, 5.41) is 5.96. The number of nitrogens with zero attached hydrogens (tertiary/aromatic N) is 1. The van der Waals surface area contributed by atoms with Crippen molar-refractivity contribution >= 4 is 5.91 Å². The van der Waals surface area contributed by atoms with E-state index >= 15 is 0 Å². The van der Waals surface area contributed by atoms with Gasteiger partial charge in [0.1, 0.15) is 0 Å². The molecule has 0 saturated carbocycles. The topological polar surface area (TPSA) is 54.0 Å². The van der Waals surface area contributed by atoms with Crippen molar-refractivity contribution < 1.29 is 4.79 Å². The van der Waals surface area contributed by atoms with E-state index in [-0.39, 0.29) is 5.91 Å². The van der Waals surface area contributed by atoms with Gasteiger partial charge >= 0.3 is 0 Å². The fourth-order valence-corrected chi connectivity index (χ4v) is 1.46. The Morgan fingerprint density at radius 3 is 3.00 bits per heavy atom. The van der Waals surface area contributed by atoms with Crippen LogP contribution in [0.15, 0.2) is 18.3 Å². The molecular weight excluding hydrogens is 214 g/mol. The Labute approximate surface area is 103 Å². The molecule has 0 spiro atoms. The van der Waals surface area contributed by atoms with Gasteiger partial charge in [-0.2, -0.15) is 0 Å². The number of nitrogens with one attached hydrogen (secondary N) is 2. The maximum Gasteiger partial charge on any atom is 0.233 e. The average Bonchev–Trinajstić information content (AvgIpc) is 2.32. The Morgan fingerprint density at radius 2 is 2.29 bits per heavy atom. The molecule has 4 nitrogen and oxygen atoms in total. The molecule has 2 N–H and O–H groups in total. The lowest BCUT2D eigenvalue weighted by molar-refractivity contribution is -0.120. The smallest absolute Gasteiger partial charge is 0.233 e. The number of unbranched alkanes of at least 4 members (excludes halogenated alkanes) is 1. The Bertz CT molecular complexity index is 352. The van der Waals surface area contributed by atoms with E-state index in [0.29, 0.717) is 13.1 Å². The minimum Gasteiger partial charge on any atom is -0.355 e. The normalized spacial score (nSPS) is 10.2. The third-order valence-corrected chi connectivity index (χ3v) is 2.55. The van der Waals surface area contributed by atoms with Crippen LogP contribution in [0, 0.1) is 6.92 Å². The van der Waals surface area contributed by atoms with Crippen LogP contribution in [0.2, 0.25) is 0 Å². The molecule has 0 aliphatic heterocycles. The molecule has 0 saturated heterocycles. The van der Waals surface area contributed by atoms with Crippen LogP contribution in [0.3, 0.4) is 0 Å². The second-order valence-electron chi connectivity index (χ2n) is 4.07. The molecule has 1 heterocycles. The van der Waals surface area contributed by atoms with Gasteiger partial charge in [0, 0.05) is 19.3 Å². The van der Waals surface area contributed by atoms with Gasteiger partial charge in [0.25, 0.3) is 0 Å². The molecule has 0 fully saturated rings. The molecule has 4 heteroatoms. The summed E-state index contributed by atoms with van der Waals surface area (Å²) in [6, 6.07) is 3.93. The third kappa shape index (κ3) is 5.45. The van der Waals surface area contributed by atoms with Crippen molar-refractivity contribution in [2.75, 3.05) is 13.1 Å². The third-order valence-electron chi connectivity index (χ3n) is 2.55. The molecule has 0 radical (unpaired) electrons. The summed E-state index contributed by atoms with van der Waals surface area (Å²) in [5.41, 5.74) is 2.14. The molecule has 17 heavy (non-hydrogen) atoms. The van der Waals surface area contributed by atoms with Gasteiger partial charge in [-0.25, -0.2) is 0 Å². The number of hydrogen-bond donors (Lipinski definition) is 2. The monoisotopic (exact) mass is 235 g/mol. The van der Waals surface area contributed by atoms with Crippen LogP contribution < -0.4 is 10.6 Å². The Balaban J connectivity index is 2.19. The molecule has 94 valence electrons. The van der Waals surface area contributed by atoms with Gasteiger partial charge in [0.2, 0.25) is 5.91 Å². The molecule has 0 aliphatic carbocycles. The summed E-state index contributed by atoms with van der Waals surface area (Å²) >= 11 is 0. The van der Waals surface area contributed by atoms with Crippen LogP contribution in [0.5, 0.6) is 0 Å². The quantitative estimate of drug-likeness (QED) is 0.702. The Morgan fingerprint density at radius 1 is 1.47 bits per heavy atom. The van der Waals surface area contributed by atoms with Crippen LogP contribution in [0.25, 0.3) is 0 Å². The SMILES string of the molecule is CCCCNC(=O)CNCc1ncccc1C.